The van der Waals surface area contributed by atoms with Gasteiger partial charge in [0.15, 0.2) is 0 Å². The van der Waals surface area contributed by atoms with Gasteiger partial charge in [-0.05, 0) is 42.3 Å². The topological polar surface area (TPSA) is 29.3 Å². The number of hydrogen-bond donors (Lipinski definition) is 1. The molecule has 0 aromatic heterocycles. The molecule has 1 aliphatic rings. The molecule has 3 heteroatoms. The zero-order valence-electron chi connectivity index (χ0n) is 11.6. The minimum atomic E-state index is 0.0661. The van der Waals surface area contributed by atoms with Crippen molar-refractivity contribution in [3.05, 3.63) is 48.0 Å². The summed E-state index contributed by atoms with van der Waals surface area (Å²) in [6.45, 7) is 2.18. The zero-order chi connectivity index (χ0) is 13.9. The third-order valence-electron chi connectivity index (χ3n) is 4.14. The van der Waals surface area contributed by atoms with Gasteiger partial charge in [-0.2, -0.15) is 0 Å². The van der Waals surface area contributed by atoms with Crippen molar-refractivity contribution in [1.82, 2.24) is 4.90 Å². The molecule has 0 radical (unpaired) electrons. The summed E-state index contributed by atoms with van der Waals surface area (Å²) in [7, 11) is 0. The average Bonchev–Trinajstić information content (AvgIpc) is 2.48. The fourth-order valence-corrected chi connectivity index (χ4v) is 3.47. The van der Waals surface area contributed by atoms with E-state index in [1.165, 1.54) is 35.6 Å². The lowest BCUT2D eigenvalue weighted by Gasteiger charge is -2.34. The molecule has 1 heterocycles. The second-order valence-electron chi connectivity index (χ2n) is 5.47. The molecule has 2 N–H and O–H groups in total. The van der Waals surface area contributed by atoms with Crippen molar-refractivity contribution >= 4 is 28.0 Å². The van der Waals surface area contributed by atoms with Gasteiger partial charge in [-0.25, -0.2) is 0 Å². The Bertz CT molecular complexity index is 612. The lowest BCUT2D eigenvalue weighted by molar-refractivity contribution is 0.204. The predicted octanol–water partition coefficient (Wildman–Crippen LogP) is 3.65. The van der Waals surface area contributed by atoms with Gasteiger partial charge in [0, 0.05) is 0 Å². The summed E-state index contributed by atoms with van der Waals surface area (Å²) in [5.74, 6) is 0. The quantitative estimate of drug-likeness (QED) is 0.872. The van der Waals surface area contributed by atoms with Gasteiger partial charge in [0.25, 0.3) is 0 Å². The van der Waals surface area contributed by atoms with Crippen molar-refractivity contribution in [2.45, 2.75) is 25.3 Å². The Hall–Kier alpha value is -1.45. The summed E-state index contributed by atoms with van der Waals surface area (Å²) in [6.07, 6.45) is 3.80. The van der Waals surface area contributed by atoms with Crippen LogP contribution >= 0.6 is 12.2 Å². The Kier molecular flexibility index (Phi) is 3.99. The van der Waals surface area contributed by atoms with E-state index in [9.17, 15) is 0 Å². The number of fused-ring (bicyclic) bond motifs is 1. The number of benzene rings is 2. The second kappa shape index (κ2) is 5.90. The molecule has 0 bridgehead atoms. The normalized spacial score (nSPS) is 18.0. The standard InChI is InChI=1S/C17H20N2S/c18-17(20)16(19-11-4-1-5-12-19)15-10-6-8-13-7-2-3-9-14(13)15/h2-3,6-10,16H,1,4-5,11-12H2,(H2,18,20). The van der Waals surface area contributed by atoms with Crippen molar-refractivity contribution in [2.75, 3.05) is 13.1 Å². The van der Waals surface area contributed by atoms with Crippen LogP contribution in [0.15, 0.2) is 42.5 Å². The van der Waals surface area contributed by atoms with E-state index in [1.54, 1.807) is 0 Å². The number of piperidine rings is 1. The maximum absolute atomic E-state index is 6.08. The van der Waals surface area contributed by atoms with Crippen LogP contribution < -0.4 is 5.73 Å². The zero-order valence-corrected chi connectivity index (χ0v) is 12.4. The van der Waals surface area contributed by atoms with Crippen LogP contribution in [0.2, 0.25) is 0 Å². The van der Waals surface area contributed by atoms with Crippen LogP contribution in [0.5, 0.6) is 0 Å². The van der Waals surface area contributed by atoms with E-state index in [4.69, 9.17) is 18.0 Å². The molecule has 1 atom stereocenters. The molecule has 1 fully saturated rings. The van der Waals surface area contributed by atoms with E-state index in [-0.39, 0.29) is 6.04 Å². The minimum Gasteiger partial charge on any atom is -0.392 e. The number of rotatable bonds is 3. The SMILES string of the molecule is NC(=S)C(c1cccc2ccccc12)N1CCCCC1. The number of nitrogens with two attached hydrogens (primary N) is 1. The molecule has 2 aromatic carbocycles. The Balaban J connectivity index is 2.07. The van der Waals surface area contributed by atoms with Gasteiger partial charge in [0.05, 0.1) is 11.0 Å². The maximum atomic E-state index is 6.08. The number of likely N-dealkylation sites (tertiary alicyclic amines) is 1. The molecule has 20 heavy (non-hydrogen) atoms. The van der Waals surface area contributed by atoms with Crippen LogP contribution in [0, 0.1) is 0 Å². The summed E-state index contributed by atoms with van der Waals surface area (Å²) < 4.78 is 0. The first-order valence-electron chi connectivity index (χ1n) is 7.28. The second-order valence-corrected chi connectivity index (χ2v) is 5.94. The van der Waals surface area contributed by atoms with E-state index in [0.29, 0.717) is 4.99 Å². The molecule has 0 aliphatic carbocycles. The largest absolute Gasteiger partial charge is 0.392 e. The van der Waals surface area contributed by atoms with E-state index >= 15 is 0 Å². The van der Waals surface area contributed by atoms with E-state index in [1.807, 2.05) is 0 Å². The van der Waals surface area contributed by atoms with Crippen molar-refractivity contribution in [2.24, 2.45) is 5.73 Å². The fraction of sp³-hybridized carbons (Fsp3) is 0.353. The van der Waals surface area contributed by atoms with Gasteiger partial charge in [-0.1, -0.05) is 61.1 Å². The summed E-state index contributed by atoms with van der Waals surface area (Å²) >= 11 is 5.38. The highest BCUT2D eigenvalue weighted by atomic mass is 32.1. The minimum absolute atomic E-state index is 0.0661. The molecule has 1 aliphatic heterocycles. The molecule has 1 saturated heterocycles. The van der Waals surface area contributed by atoms with E-state index in [2.05, 4.69) is 47.4 Å². The van der Waals surface area contributed by atoms with Crippen LogP contribution in [-0.4, -0.2) is 23.0 Å². The van der Waals surface area contributed by atoms with Crippen LogP contribution in [0.4, 0.5) is 0 Å². The van der Waals surface area contributed by atoms with E-state index in [0.717, 1.165) is 13.1 Å². The summed E-state index contributed by atoms with van der Waals surface area (Å²) in [5, 5.41) is 2.52. The van der Waals surface area contributed by atoms with Gasteiger partial charge in [0.1, 0.15) is 0 Å². The lowest BCUT2D eigenvalue weighted by atomic mass is 9.96. The maximum Gasteiger partial charge on any atom is 0.0948 e. The Morgan fingerprint density at radius 1 is 1.00 bits per heavy atom. The Morgan fingerprint density at radius 3 is 2.45 bits per heavy atom. The van der Waals surface area contributed by atoms with Crippen molar-refractivity contribution in [3.63, 3.8) is 0 Å². The predicted molar refractivity (Wildman–Crippen MR) is 88.9 cm³/mol. The first-order valence-corrected chi connectivity index (χ1v) is 7.69. The summed E-state index contributed by atoms with van der Waals surface area (Å²) in [5.41, 5.74) is 7.33. The highest BCUT2D eigenvalue weighted by Crippen LogP contribution is 2.30. The van der Waals surface area contributed by atoms with Gasteiger partial charge in [0.2, 0.25) is 0 Å². The first kappa shape index (κ1) is 13.5. The van der Waals surface area contributed by atoms with Crippen LogP contribution in [0.25, 0.3) is 10.8 Å². The number of nitrogens with zero attached hydrogens (tertiary/aromatic N) is 1. The lowest BCUT2D eigenvalue weighted by Crippen LogP contribution is -2.40. The molecule has 2 nitrogen and oxygen atoms in total. The van der Waals surface area contributed by atoms with Crippen LogP contribution in [-0.2, 0) is 0 Å². The third-order valence-corrected chi connectivity index (χ3v) is 4.37. The molecular formula is C17H20N2S. The number of thiocarbonyl (C=S) groups is 1. The molecule has 104 valence electrons. The first-order chi connectivity index (χ1) is 9.77. The molecule has 2 aromatic rings. The third kappa shape index (κ3) is 2.56. The molecule has 3 rings (SSSR count). The van der Waals surface area contributed by atoms with Gasteiger partial charge < -0.3 is 5.73 Å². The van der Waals surface area contributed by atoms with Gasteiger partial charge >= 0.3 is 0 Å². The van der Waals surface area contributed by atoms with Crippen LogP contribution in [0.1, 0.15) is 30.9 Å². The van der Waals surface area contributed by atoms with Crippen molar-refractivity contribution < 1.29 is 0 Å². The molecule has 0 saturated carbocycles. The Morgan fingerprint density at radius 2 is 1.70 bits per heavy atom. The van der Waals surface area contributed by atoms with Gasteiger partial charge in [-0.15, -0.1) is 0 Å². The van der Waals surface area contributed by atoms with Crippen molar-refractivity contribution in [1.29, 1.82) is 0 Å². The van der Waals surface area contributed by atoms with Crippen LogP contribution in [0.3, 0.4) is 0 Å². The molecular weight excluding hydrogens is 264 g/mol. The summed E-state index contributed by atoms with van der Waals surface area (Å²) in [6, 6.07) is 14.9. The smallest absolute Gasteiger partial charge is 0.0948 e. The van der Waals surface area contributed by atoms with Crippen molar-refractivity contribution in [3.8, 4) is 0 Å². The Labute approximate surface area is 125 Å². The molecule has 0 amide bonds. The molecule has 0 spiro atoms. The molecule has 1 unspecified atom stereocenters. The fourth-order valence-electron chi connectivity index (χ4n) is 3.20. The highest BCUT2D eigenvalue weighted by Gasteiger charge is 2.25. The number of hydrogen-bond acceptors (Lipinski definition) is 2. The summed E-state index contributed by atoms with van der Waals surface area (Å²) in [4.78, 5) is 3.02. The van der Waals surface area contributed by atoms with Gasteiger partial charge in [-0.3, -0.25) is 4.90 Å². The monoisotopic (exact) mass is 284 g/mol. The highest BCUT2D eigenvalue weighted by molar-refractivity contribution is 7.80. The van der Waals surface area contributed by atoms with E-state index < -0.39 is 0 Å². The average molecular weight is 284 g/mol.